The van der Waals surface area contributed by atoms with Crippen LogP contribution in [0, 0.1) is 0 Å². The summed E-state index contributed by atoms with van der Waals surface area (Å²) in [4.78, 5) is 6.68. The second kappa shape index (κ2) is 9.67. The molecule has 0 radical (unpaired) electrons. The molecule has 0 bridgehead atoms. The van der Waals surface area contributed by atoms with Gasteiger partial charge >= 0.3 is 0 Å². The van der Waals surface area contributed by atoms with E-state index in [1.165, 1.54) is 12.0 Å². The van der Waals surface area contributed by atoms with Crippen molar-refractivity contribution in [2.45, 2.75) is 63.3 Å². The van der Waals surface area contributed by atoms with Crippen LogP contribution in [0.25, 0.3) is 0 Å². The average molecular weight is 406 g/mol. The molecule has 1 aliphatic rings. The summed E-state index contributed by atoms with van der Waals surface area (Å²) in [6.45, 7) is 4.08. The number of hydrogen-bond donors (Lipinski definition) is 1. The van der Waals surface area contributed by atoms with Gasteiger partial charge in [-0.25, -0.2) is 13.4 Å². The number of benzene rings is 1. The van der Waals surface area contributed by atoms with Crippen LogP contribution in [0.3, 0.4) is 0 Å². The number of nitrogens with zero attached hydrogens (tertiary/aromatic N) is 3. The molecular weight excluding hydrogens is 374 g/mol. The number of rotatable bonds is 9. The van der Waals surface area contributed by atoms with Crippen LogP contribution in [-0.2, 0) is 29.3 Å². The second-order valence-electron chi connectivity index (χ2n) is 7.46. The largest absolute Gasteiger partial charge is 0.396 e. The van der Waals surface area contributed by atoms with Crippen LogP contribution in [0.15, 0.2) is 41.7 Å². The lowest BCUT2D eigenvalue weighted by atomic mass is 9.99. The molecule has 0 aliphatic carbocycles. The Morgan fingerprint density at radius 3 is 2.71 bits per heavy atom. The first-order valence-electron chi connectivity index (χ1n) is 10.2. The van der Waals surface area contributed by atoms with Crippen molar-refractivity contribution in [3.05, 3.63) is 47.8 Å². The molecule has 7 heteroatoms. The third-order valence-corrected chi connectivity index (χ3v) is 7.25. The molecule has 2 aromatic rings. The SMILES string of the molecule is CCS(=O)(=O)c1ncc(CN2CCCC[C@@H]2CCO)n1CCc1ccccc1. The van der Waals surface area contributed by atoms with Crippen molar-refractivity contribution >= 4 is 9.84 Å². The van der Waals surface area contributed by atoms with E-state index in [1.54, 1.807) is 13.1 Å². The lowest BCUT2D eigenvalue weighted by Gasteiger charge is -2.35. The maximum Gasteiger partial charge on any atom is 0.227 e. The smallest absolute Gasteiger partial charge is 0.227 e. The van der Waals surface area contributed by atoms with E-state index in [-0.39, 0.29) is 17.5 Å². The molecule has 154 valence electrons. The molecule has 1 aromatic heterocycles. The zero-order valence-electron chi connectivity index (χ0n) is 16.6. The predicted molar refractivity (Wildman–Crippen MR) is 110 cm³/mol. The van der Waals surface area contributed by atoms with E-state index in [2.05, 4.69) is 22.0 Å². The molecule has 1 aliphatic heterocycles. The van der Waals surface area contributed by atoms with Gasteiger partial charge in [0.1, 0.15) is 0 Å². The molecule has 1 aromatic carbocycles. The molecule has 1 saturated heterocycles. The molecule has 28 heavy (non-hydrogen) atoms. The van der Waals surface area contributed by atoms with Gasteiger partial charge < -0.3 is 9.67 Å². The molecule has 3 rings (SSSR count). The lowest BCUT2D eigenvalue weighted by Crippen LogP contribution is -2.40. The summed E-state index contributed by atoms with van der Waals surface area (Å²) in [6.07, 6.45) is 6.65. The highest BCUT2D eigenvalue weighted by atomic mass is 32.2. The topological polar surface area (TPSA) is 75.4 Å². The Morgan fingerprint density at radius 2 is 2.00 bits per heavy atom. The van der Waals surface area contributed by atoms with Gasteiger partial charge in [-0.05, 0) is 37.8 Å². The molecule has 1 atom stereocenters. The predicted octanol–water partition coefficient (Wildman–Crippen LogP) is 2.66. The first kappa shape index (κ1) is 21.0. The Balaban J connectivity index is 1.85. The van der Waals surface area contributed by atoms with Gasteiger partial charge in [0.05, 0.1) is 17.6 Å². The Kier molecular flexibility index (Phi) is 7.26. The zero-order chi connectivity index (χ0) is 20.0. The molecule has 6 nitrogen and oxygen atoms in total. The van der Waals surface area contributed by atoms with Crippen molar-refractivity contribution in [1.82, 2.24) is 14.5 Å². The summed E-state index contributed by atoms with van der Waals surface area (Å²) < 4.78 is 27.0. The monoisotopic (exact) mass is 405 g/mol. The van der Waals surface area contributed by atoms with Crippen molar-refractivity contribution < 1.29 is 13.5 Å². The van der Waals surface area contributed by atoms with Crippen LogP contribution < -0.4 is 0 Å². The fourth-order valence-corrected chi connectivity index (χ4v) is 4.99. The Labute approximate surface area is 168 Å². The average Bonchev–Trinajstić information content (AvgIpc) is 3.12. The summed E-state index contributed by atoms with van der Waals surface area (Å²) in [6, 6.07) is 10.5. The van der Waals surface area contributed by atoms with Crippen LogP contribution >= 0.6 is 0 Å². The molecule has 0 amide bonds. The van der Waals surface area contributed by atoms with Crippen LogP contribution in [0.1, 0.15) is 43.9 Å². The first-order valence-corrected chi connectivity index (χ1v) is 11.9. The number of aryl methyl sites for hydroxylation is 1. The van der Waals surface area contributed by atoms with E-state index >= 15 is 0 Å². The van der Waals surface area contributed by atoms with E-state index in [9.17, 15) is 13.5 Å². The third kappa shape index (κ3) is 5.01. The summed E-state index contributed by atoms with van der Waals surface area (Å²) in [5.41, 5.74) is 2.12. The Morgan fingerprint density at radius 1 is 1.21 bits per heavy atom. The fourth-order valence-electron chi connectivity index (χ4n) is 3.97. The number of imidazole rings is 1. The van der Waals surface area contributed by atoms with E-state index in [1.807, 2.05) is 22.8 Å². The number of aliphatic hydroxyl groups is 1. The Hall–Kier alpha value is -1.70. The number of likely N-dealkylation sites (tertiary alicyclic amines) is 1. The summed E-state index contributed by atoms with van der Waals surface area (Å²) in [7, 11) is -3.38. The highest BCUT2D eigenvalue weighted by molar-refractivity contribution is 7.91. The van der Waals surface area contributed by atoms with Crippen molar-refractivity contribution in [2.75, 3.05) is 18.9 Å². The quantitative estimate of drug-likeness (QED) is 0.694. The van der Waals surface area contributed by atoms with Crippen LogP contribution in [-0.4, -0.2) is 52.9 Å². The molecule has 0 spiro atoms. The van der Waals surface area contributed by atoms with Gasteiger partial charge in [0.25, 0.3) is 0 Å². The Bertz CT molecular complexity index is 847. The molecule has 1 fully saturated rings. The maximum atomic E-state index is 12.6. The van der Waals surface area contributed by atoms with E-state index in [0.717, 1.165) is 37.9 Å². The molecular formula is C21H31N3O3S. The lowest BCUT2D eigenvalue weighted by molar-refractivity contribution is 0.109. The zero-order valence-corrected chi connectivity index (χ0v) is 17.4. The van der Waals surface area contributed by atoms with Crippen molar-refractivity contribution in [3.63, 3.8) is 0 Å². The second-order valence-corrected chi connectivity index (χ2v) is 9.63. The molecule has 2 heterocycles. The minimum absolute atomic E-state index is 0.0473. The number of aliphatic hydroxyl groups excluding tert-OH is 1. The van der Waals surface area contributed by atoms with E-state index in [0.29, 0.717) is 19.1 Å². The fraction of sp³-hybridized carbons (Fsp3) is 0.571. The third-order valence-electron chi connectivity index (χ3n) is 5.60. The summed E-state index contributed by atoms with van der Waals surface area (Å²) in [5.74, 6) is 0.0473. The molecule has 0 unspecified atom stereocenters. The number of aromatic nitrogens is 2. The molecule has 0 saturated carbocycles. The summed E-state index contributed by atoms with van der Waals surface area (Å²) in [5, 5.41) is 9.56. The van der Waals surface area contributed by atoms with Crippen LogP contribution in [0.5, 0.6) is 0 Å². The van der Waals surface area contributed by atoms with Gasteiger partial charge in [-0.15, -0.1) is 0 Å². The first-order chi connectivity index (χ1) is 13.5. The normalized spacial score (nSPS) is 18.4. The number of sulfone groups is 1. The number of hydrogen-bond acceptors (Lipinski definition) is 5. The van der Waals surface area contributed by atoms with Crippen molar-refractivity contribution in [3.8, 4) is 0 Å². The van der Waals surface area contributed by atoms with Gasteiger partial charge in [-0.2, -0.15) is 0 Å². The summed E-state index contributed by atoms with van der Waals surface area (Å²) >= 11 is 0. The highest BCUT2D eigenvalue weighted by Crippen LogP contribution is 2.23. The van der Waals surface area contributed by atoms with Gasteiger partial charge in [-0.3, -0.25) is 4.90 Å². The van der Waals surface area contributed by atoms with Gasteiger partial charge in [0.15, 0.2) is 0 Å². The van der Waals surface area contributed by atoms with Crippen molar-refractivity contribution in [1.29, 1.82) is 0 Å². The minimum atomic E-state index is -3.38. The maximum absolute atomic E-state index is 12.6. The molecule has 1 N–H and O–H groups in total. The van der Waals surface area contributed by atoms with E-state index < -0.39 is 9.84 Å². The van der Waals surface area contributed by atoms with Crippen LogP contribution in [0.4, 0.5) is 0 Å². The van der Waals surface area contributed by atoms with Crippen LogP contribution in [0.2, 0.25) is 0 Å². The van der Waals surface area contributed by atoms with Gasteiger partial charge in [0.2, 0.25) is 15.0 Å². The van der Waals surface area contributed by atoms with E-state index in [4.69, 9.17) is 0 Å². The van der Waals surface area contributed by atoms with Gasteiger partial charge in [-0.1, -0.05) is 43.7 Å². The minimum Gasteiger partial charge on any atom is -0.396 e. The standard InChI is InChI=1S/C21H31N3O3S/c1-2-28(26,27)21-22-16-20(17-23-13-7-6-10-19(23)12-15-25)24(21)14-11-18-8-4-3-5-9-18/h3-5,8-9,16,19,25H,2,6-7,10-15,17H2,1H3/t19-/m1/s1. The highest BCUT2D eigenvalue weighted by Gasteiger charge is 2.26. The van der Waals surface area contributed by atoms with Gasteiger partial charge in [0, 0.05) is 25.7 Å². The van der Waals surface area contributed by atoms with Crippen molar-refractivity contribution in [2.24, 2.45) is 0 Å². The number of piperidine rings is 1.